The van der Waals surface area contributed by atoms with Crippen molar-refractivity contribution >= 4 is 21.9 Å². The van der Waals surface area contributed by atoms with Gasteiger partial charge in [0.2, 0.25) is 11.8 Å². The van der Waals surface area contributed by atoms with E-state index in [9.17, 15) is 58.3 Å². The van der Waals surface area contributed by atoms with E-state index in [1.165, 1.54) is 0 Å². The molecule has 0 aliphatic heterocycles. The van der Waals surface area contributed by atoms with Crippen molar-refractivity contribution in [2.24, 2.45) is 92.7 Å². The number of rotatable bonds is 23. The third kappa shape index (κ3) is 16.1. The van der Waals surface area contributed by atoms with Gasteiger partial charge in [0, 0.05) is 50.9 Å². The maximum absolute atomic E-state index is 12.7. The molecule has 8 saturated carbocycles. The minimum atomic E-state index is -4.18. The molecule has 8 rings (SSSR count). The Balaban J connectivity index is 0.000000300. The van der Waals surface area contributed by atoms with Crippen LogP contribution in [0.5, 0.6) is 0 Å². The van der Waals surface area contributed by atoms with Crippen molar-refractivity contribution in [2.75, 3.05) is 73.2 Å². The summed E-state index contributed by atoms with van der Waals surface area (Å²) in [6.45, 7) is 20.0. The third-order valence-electron chi connectivity index (χ3n) is 25.6. The summed E-state index contributed by atoms with van der Waals surface area (Å²) in [6.07, 6.45) is 15.4. The summed E-state index contributed by atoms with van der Waals surface area (Å²) in [5.74, 6) is 3.38. The van der Waals surface area contributed by atoms with E-state index in [1.807, 2.05) is 21.0 Å². The van der Waals surface area contributed by atoms with Gasteiger partial charge in [0.25, 0.3) is 0 Å². The van der Waals surface area contributed by atoms with Crippen molar-refractivity contribution in [2.45, 2.75) is 247 Å². The molecule has 17 heteroatoms. The summed E-state index contributed by atoms with van der Waals surface area (Å²) in [5, 5.41) is 83.3. The lowest BCUT2D eigenvalue weighted by molar-refractivity contribution is -0.893. The Labute approximate surface area is 510 Å². The molecule has 8 aliphatic rings. The number of hydrogen-bond acceptors (Lipinski definition) is 12. The number of carbonyl (C=O) groups is 2. The molecule has 8 fully saturated rings. The number of quaternary nitrogens is 2. The number of aliphatic hydroxyl groups is 7. The van der Waals surface area contributed by atoms with Crippen molar-refractivity contribution in [3.8, 4) is 0 Å². The van der Waals surface area contributed by atoms with Crippen molar-refractivity contribution in [3.63, 3.8) is 0 Å². The summed E-state index contributed by atoms with van der Waals surface area (Å²) in [5.41, 5.74) is -0.317. The quantitative estimate of drug-likeness (QED) is 0.0269. The van der Waals surface area contributed by atoms with Crippen LogP contribution in [0.15, 0.2) is 0 Å². The van der Waals surface area contributed by atoms with E-state index in [4.69, 9.17) is 0 Å². The number of carbonyl (C=O) groups excluding carboxylic acids is 2. The van der Waals surface area contributed by atoms with Crippen LogP contribution in [0.25, 0.3) is 0 Å². The highest BCUT2D eigenvalue weighted by Crippen LogP contribution is 2.70. The summed E-state index contributed by atoms with van der Waals surface area (Å²) < 4.78 is 33.9. The molecule has 0 bridgehead atoms. The number of nitrogens with one attached hydrogen (secondary N) is 2. The topological polar surface area (TPSA) is 257 Å². The smallest absolute Gasteiger partial charge is 0.220 e. The number of fused-ring (bicyclic) bond motifs is 10. The first-order chi connectivity index (χ1) is 38.2. The number of nitrogens with zero attached hydrogens (tertiary/aromatic N) is 2. The number of amides is 2. The van der Waals surface area contributed by atoms with Crippen LogP contribution in [0.1, 0.15) is 205 Å². The molecule has 0 heterocycles. The minimum absolute atomic E-state index is 0. The number of likely N-dealkylation sites (N-methyl/N-ethyl adjacent to an activating group) is 1. The fraction of sp³-hybridized carbons (Fsp3) is 0.970. The molecule has 9 N–H and O–H groups in total. The molecule has 0 aromatic heterocycles. The molecule has 0 saturated heterocycles. The van der Waals surface area contributed by atoms with Crippen LogP contribution in [0.2, 0.25) is 0 Å². The molecule has 0 aromatic carbocycles. The van der Waals surface area contributed by atoms with Crippen molar-refractivity contribution in [3.05, 3.63) is 0 Å². The highest BCUT2D eigenvalue weighted by atomic mass is 32.2. The molecule has 0 radical (unpaired) electrons. The second-order valence-corrected chi connectivity index (χ2v) is 32.9. The molecule has 84 heavy (non-hydrogen) atoms. The Morgan fingerprint density at radius 3 is 1.37 bits per heavy atom. The predicted molar refractivity (Wildman–Crippen MR) is 333 cm³/mol. The lowest BCUT2D eigenvalue weighted by atomic mass is 9.43. The van der Waals surface area contributed by atoms with Gasteiger partial charge < -0.3 is 59.9 Å². The third-order valence-corrected chi connectivity index (χ3v) is 26.3. The Morgan fingerprint density at radius 1 is 0.583 bits per heavy atom. The minimum Gasteiger partial charge on any atom is -0.748 e. The molecule has 2 amide bonds. The Kier molecular flexibility index (Phi) is 25.4. The first kappa shape index (κ1) is 73.2. The monoisotopic (exact) mass is 1210 g/mol. The van der Waals surface area contributed by atoms with Gasteiger partial charge in [0.15, 0.2) is 0 Å². The van der Waals surface area contributed by atoms with Crippen LogP contribution in [0.3, 0.4) is 0 Å². The van der Waals surface area contributed by atoms with Crippen molar-refractivity contribution in [1.29, 1.82) is 0 Å². The van der Waals surface area contributed by atoms with E-state index < -0.39 is 16.2 Å². The highest BCUT2D eigenvalue weighted by Gasteiger charge is 2.67. The summed E-state index contributed by atoms with van der Waals surface area (Å²) in [6, 6.07) is 0. The lowest BCUT2D eigenvalue weighted by Gasteiger charge is -2.63. The molecule has 23 unspecified atom stereocenters. The molecular formula is C67H127N4O12S+. The zero-order valence-electron chi connectivity index (χ0n) is 53.0. The van der Waals surface area contributed by atoms with E-state index >= 15 is 0 Å². The first-order valence-electron chi connectivity index (χ1n) is 33.1. The average molecular weight is 1210 g/mol. The summed E-state index contributed by atoms with van der Waals surface area (Å²) in [7, 11) is 4.08. The van der Waals surface area contributed by atoms with Gasteiger partial charge in [-0.1, -0.05) is 63.3 Å². The Hall–Kier alpha value is -1.51. The van der Waals surface area contributed by atoms with Gasteiger partial charge in [-0.05, 0) is 202 Å². The van der Waals surface area contributed by atoms with E-state index in [0.717, 1.165) is 146 Å². The molecular weight excluding hydrogens is 1080 g/mol. The van der Waals surface area contributed by atoms with Gasteiger partial charge >= 0.3 is 0 Å². The Morgan fingerprint density at radius 2 is 0.976 bits per heavy atom. The highest BCUT2D eigenvalue weighted by molar-refractivity contribution is 7.85. The summed E-state index contributed by atoms with van der Waals surface area (Å²) in [4.78, 5) is 25.4. The second kappa shape index (κ2) is 29.2. The maximum atomic E-state index is 12.7. The number of aliphatic hydroxyl groups excluding tert-OH is 7. The first-order valence-corrected chi connectivity index (χ1v) is 34.7. The Bertz CT molecular complexity index is 2220. The van der Waals surface area contributed by atoms with Crippen molar-refractivity contribution < 1.29 is 67.3 Å². The summed E-state index contributed by atoms with van der Waals surface area (Å²) >= 11 is 0. The fourth-order valence-electron chi connectivity index (χ4n) is 20.6. The maximum Gasteiger partial charge on any atom is 0.220 e. The normalized spacial score (nSPS) is 40.9. The van der Waals surface area contributed by atoms with Crippen molar-refractivity contribution in [1.82, 2.24) is 10.6 Å². The van der Waals surface area contributed by atoms with E-state index in [-0.39, 0.29) is 114 Å². The zero-order chi connectivity index (χ0) is 60.5. The van der Waals surface area contributed by atoms with Crippen LogP contribution < -0.4 is 10.6 Å². The fourth-order valence-corrected chi connectivity index (χ4v) is 21.1. The van der Waals surface area contributed by atoms with Crippen LogP contribution in [0.4, 0.5) is 0 Å². The standard InChI is InChI=1S/C33H60N2O5.C32H58N2O7S.2CH4/c1-7-23(36)20-35(5,6)16-8-15-34-30(40)12-9-21(2)25-10-11-26-31-27(19-29(39)33(25,26)4)32(3)14-13-24(37)17-22(32)18-28(31)38;1-21(8-11-29(38)33-14-6-15-34(4,5)16-7-17-42(39,40)41)24-9-10-25-30-26(20-28(37)32(24,25)3)31(2)13-12-23(35)18-22(31)19-27(30)36;;/h21-29,31,36-39H,7-20H2,1-6H3;21-28,30,35-37H,6-20H2,1-5H3,(H-,33,38,39,40,41);2*1H4/p+1. The van der Waals surface area contributed by atoms with Crippen LogP contribution in [-0.4, -0.2) is 185 Å². The SMILES string of the molecule is C.C.CC(CCC(=O)NCCC[N+](C)(C)CCCS(=O)(=O)[O-])C1CCC2C3C(O)CC4CC(O)CCC4(C)C3CC(O)C12C.CCC(O)C[N+](C)(C)CCCNC(=O)CCC(C)C1CCC2C3C(O)CC4CC(O)CCC4(C)C3CC(O)C12C. The molecule has 492 valence electrons. The second-order valence-electron chi connectivity index (χ2n) is 31.4. The average Bonchev–Trinajstić information content (AvgIpc) is 1.88. The zero-order valence-corrected chi connectivity index (χ0v) is 53.8. The van der Waals surface area contributed by atoms with Gasteiger partial charge in [0.1, 0.15) is 12.6 Å². The van der Waals surface area contributed by atoms with Gasteiger partial charge in [-0.3, -0.25) is 9.59 Å². The largest absolute Gasteiger partial charge is 0.748 e. The van der Waals surface area contributed by atoms with Crippen LogP contribution in [-0.2, 0) is 19.7 Å². The molecule has 16 nitrogen and oxygen atoms in total. The van der Waals surface area contributed by atoms with Gasteiger partial charge in [-0.2, -0.15) is 0 Å². The van der Waals surface area contributed by atoms with Crippen LogP contribution in [0, 0.1) is 92.7 Å². The molecule has 23 atom stereocenters. The number of hydrogen-bond donors (Lipinski definition) is 9. The predicted octanol–water partition coefficient (Wildman–Crippen LogP) is 7.87. The molecule has 0 spiro atoms. The molecule has 8 aliphatic carbocycles. The molecule has 0 aromatic rings. The van der Waals surface area contributed by atoms with Gasteiger partial charge in [-0.15, -0.1) is 0 Å². The van der Waals surface area contributed by atoms with E-state index in [1.54, 1.807) is 0 Å². The van der Waals surface area contributed by atoms with Crippen LogP contribution >= 0.6 is 0 Å². The van der Waals surface area contributed by atoms with Gasteiger partial charge in [0.05, 0.1) is 94.6 Å². The lowest BCUT2D eigenvalue weighted by Crippen LogP contribution is -2.62. The van der Waals surface area contributed by atoms with E-state index in [2.05, 4.69) is 66.3 Å². The van der Waals surface area contributed by atoms with Gasteiger partial charge in [-0.25, -0.2) is 8.42 Å². The van der Waals surface area contributed by atoms with E-state index in [0.29, 0.717) is 90.7 Å².